The van der Waals surface area contributed by atoms with Crippen molar-refractivity contribution in [3.63, 3.8) is 0 Å². The van der Waals surface area contributed by atoms with Gasteiger partial charge >= 0.3 is 0 Å². The lowest BCUT2D eigenvalue weighted by Gasteiger charge is -2.13. The molecule has 0 bridgehead atoms. The minimum Gasteiger partial charge on any atom is -0.497 e. The van der Waals surface area contributed by atoms with Gasteiger partial charge in [-0.2, -0.15) is 0 Å². The number of hydrogen-bond donors (Lipinski definition) is 0. The molecule has 0 aromatic heterocycles. The van der Waals surface area contributed by atoms with Gasteiger partial charge in [-0.15, -0.1) is 0 Å². The van der Waals surface area contributed by atoms with Crippen molar-refractivity contribution in [3.05, 3.63) is 63.1 Å². The van der Waals surface area contributed by atoms with Gasteiger partial charge in [0.2, 0.25) is 0 Å². The van der Waals surface area contributed by atoms with E-state index in [0.29, 0.717) is 0 Å². The first-order chi connectivity index (χ1) is 9.10. The van der Waals surface area contributed by atoms with Crippen LogP contribution in [0.4, 0.5) is 0 Å². The van der Waals surface area contributed by atoms with Crippen LogP contribution in [0.25, 0.3) is 0 Å². The molecule has 0 aliphatic heterocycles. The molecule has 19 heavy (non-hydrogen) atoms. The first-order valence-corrected chi connectivity index (χ1v) is 7.91. The number of halogens is 3. The van der Waals surface area contributed by atoms with Gasteiger partial charge in [-0.05, 0) is 41.8 Å². The summed E-state index contributed by atoms with van der Waals surface area (Å²) >= 11 is 13.2. The van der Waals surface area contributed by atoms with Crippen molar-refractivity contribution < 1.29 is 4.74 Å². The Hall–Kier alpha value is -0.510. The van der Waals surface area contributed by atoms with E-state index in [1.807, 2.05) is 30.3 Å². The maximum atomic E-state index is 5.96. The molecule has 0 heterocycles. The monoisotopic (exact) mass is 402 g/mol. The largest absolute Gasteiger partial charge is 0.497 e. The topological polar surface area (TPSA) is 9.23 Å². The van der Waals surface area contributed by atoms with Crippen molar-refractivity contribution in [2.75, 3.05) is 7.11 Å². The molecule has 0 aliphatic carbocycles. The second kappa shape index (κ2) is 6.78. The Morgan fingerprint density at radius 1 is 1.21 bits per heavy atom. The van der Waals surface area contributed by atoms with E-state index in [9.17, 15) is 0 Å². The van der Waals surface area contributed by atoms with Gasteiger partial charge in [-0.25, -0.2) is 0 Å². The molecule has 0 saturated carbocycles. The van der Waals surface area contributed by atoms with Crippen LogP contribution in [0.5, 0.6) is 5.75 Å². The zero-order valence-electron chi connectivity index (χ0n) is 10.4. The molecular formula is C15H13Br2ClO. The van der Waals surface area contributed by atoms with Crippen molar-refractivity contribution in [1.82, 2.24) is 0 Å². The van der Waals surface area contributed by atoms with Crippen molar-refractivity contribution in [3.8, 4) is 5.75 Å². The molecule has 2 aromatic carbocycles. The Morgan fingerprint density at radius 3 is 2.68 bits per heavy atom. The molecular weight excluding hydrogens is 391 g/mol. The predicted octanol–water partition coefficient (Wildman–Crippen LogP) is 5.79. The summed E-state index contributed by atoms with van der Waals surface area (Å²) < 4.78 is 6.26. The summed E-state index contributed by atoms with van der Waals surface area (Å²) in [5, 5.41) is 0.733. The number of rotatable bonds is 4. The van der Waals surface area contributed by atoms with Gasteiger partial charge in [0.05, 0.1) is 7.11 Å². The summed E-state index contributed by atoms with van der Waals surface area (Å²) in [6.07, 6.45) is 0.886. The fraction of sp³-hybridized carbons (Fsp3) is 0.200. The van der Waals surface area contributed by atoms with Gasteiger partial charge < -0.3 is 4.74 Å². The van der Waals surface area contributed by atoms with Gasteiger partial charge in [-0.3, -0.25) is 0 Å². The van der Waals surface area contributed by atoms with E-state index in [2.05, 4.69) is 44.0 Å². The molecule has 0 radical (unpaired) electrons. The summed E-state index contributed by atoms with van der Waals surface area (Å²) in [4.78, 5) is 0.228. The van der Waals surface area contributed by atoms with Crippen molar-refractivity contribution in [2.45, 2.75) is 11.2 Å². The molecule has 0 amide bonds. The summed E-state index contributed by atoms with van der Waals surface area (Å²) in [6, 6.07) is 14.0. The summed E-state index contributed by atoms with van der Waals surface area (Å²) in [7, 11) is 1.68. The third-order valence-electron chi connectivity index (χ3n) is 2.85. The standard InChI is InChI=1S/C15H13Br2ClO/c1-19-12-4-2-3-10(7-12)8-14(16)13-6-5-11(18)9-15(13)17/h2-7,9,14H,8H2,1H3. The molecule has 2 rings (SSSR count). The number of alkyl halides is 1. The molecule has 0 saturated heterocycles. The zero-order valence-corrected chi connectivity index (χ0v) is 14.3. The third-order valence-corrected chi connectivity index (χ3v) is 4.59. The first-order valence-electron chi connectivity index (χ1n) is 5.82. The lowest BCUT2D eigenvalue weighted by Crippen LogP contribution is -1.97. The zero-order chi connectivity index (χ0) is 13.8. The number of benzene rings is 2. The highest BCUT2D eigenvalue weighted by Crippen LogP contribution is 2.34. The van der Waals surface area contributed by atoms with E-state index in [1.54, 1.807) is 7.11 Å². The molecule has 2 aromatic rings. The van der Waals surface area contributed by atoms with Gasteiger partial charge in [0.1, 0.15) is 5.75 Å². The molecule has 1 atom stereocenters. The molecule has 1 unspecified atom stereocenters. The first kappa shape index (κ1) is 14.9. The molecule has 1 nitrogen and oxygen atoms in total. The Bertz CT molecular complexity index is 572. The van der Waals surface area contributed by atoms with Crippen LogP contribution >= 0.6 is 43.5 Å². The lowest BCUT2D eigenvalue weighted by atomic mass is 10.0. The van der Waals surface area contributed by atoms with Crippen LogP contribution in [-0.4, -0.2) is 7.11 Å². The van der Waals surface area contributed by atoms with E-state index in [4.69, 9.17) is 16.3 Å². The van der Waals surface area contributed by atoms with Gasteiger partial charge in [0, 0.05) is 14.3 Å². The van der Waals surface area contributed by atoms with E-state index >= 15 is 0 Å². The summed E-state index contributed by atoms with van der Waals surface area (Å²) in [5.74, 6) is 0.882. The van der Waals surface area contributed by atoms with Gasteiger partial charge in [0.15, 0.2) is 0 Å². The van der Waals surface area contributed by atoms with Crippen molar-refractivity contribution in [1.29, 1.82) is 0 Å². The third kappa shape index (κ3) is 3.98. The highest BCUT2D eigenvalue weighted by atomic mass is 79.9. The average molecular weight is 405 g/mol. The summed E-state index contributed by atoms with van der Waals surface area (Å²) in [6.45, 7) is 0. The van der Waals surface area contributed by atoms with Crippen LogP contribution in [0.3, 0.4) is 0 Å². The maximum Gasteiger partial charge on any atom is 0.119 e. The SMILES string of the molecule is COc1cccc(CC(Br)c2ccc(Cl)cc2Br)c1. The number of ether oxygens (including phenoxy) is 1. The fourth-order valence-corrected chi connectivity index (χ4v) is 3.91. The highest BCUT2D eigenvalue weighted by Gasteiger charge is 2.12. The van der Waals surface area contributed by atoms with Crippen LogP contribution in [-0.2, 0) is 6.42 Å². The predicted molar refractivity (Wildman–Crippen MR) is 87.5 cm³/mol. The molecule has 0 aliphatic rings. The van der Waals surface area contributed by atoms with E-state index < -0.39 is 0 Å². The van der Waals surface area contributed by atoms with Crippen LogP contribution < -0.4 is 4.74 Å². The van der Waals surface area contributed by atoms with Crippen LogP contribution in [0, 0.1) is 0 Å². The number of methoxy groups -OCH3 is 1. The quantitative estimate of drug-likeness (QED) is 0.586. The number of hydrogen-bond acceptors (Lipinski definition) is 1. The average Bonchev–Trinajstić information content (AvgIpc) is 2.38. The second-order valence-corrected chi connectivity index (χ2v) is 6.59. The smallest absolute Gasteiger partial charge is 0.119 e. The van der Waals surface area contributed by atoms with E-state index in [0.717, 1.165) is 21.7 Å². The van der Waals surface area contributed by atoms with Crippen LogP contribution in [0.2, 0.25) is 5.02 Å². The fourth-order valence-electron chi connectivity index (χ4n) is 1.87. The summed E-state index contributed by atoms with van der Waals surface area (Å²) in [5.41, 5.74) is 2.41. The Balaban J connectivity index is 2.17. The normalized spacial score (nSPS) is 12.2. The molecule has 4 heteroatoms. The minimum atomic E-state index is 0.228. The molecule has 0 spiro atoms. The lowest BCUT2D eigenvalue weighted by molar-refractivity contribution is 0.414. The van der Waals surface area contributed by atoms with Crippen molar-refractivity contribution >= 4 is 43.5 Å². The molecule has 0 fully saturated rings. The van der Waals surface area contributed by atoms with Crippen molar-refractivity contribution in [2.24, 2.45) is 0 Å². The maximum absolute atomic E-state index is 5.96. The molecule has 100 valence electrons. The Morgan fingerprint density at radius 2 is 2.00 bits per heavy atom. The van der Waals surface area contributed by atoms with E-state index in [-0.39, 0.29) is 4.83 Å². The van der Waals surface area contributed by atoms with Crippen LogP contribution in [0.15, 0.2) is 46.9 Å². The Kier molecular flexibility index (Phi) is 5.31. The Labute approximate surface area is 135 Å². The molecule has 0 N–H and O–H groups in total. The van der Waals surface area contributed by atoms with Gasteiger partial charge in [0.25, 0.3) is 0 Å². The van der Waals surface area contributed by atoms with Gasteiger partial charge in [-0.1, -0.05) is 61.7 Å². The minimum absolute atomic E-state index is 0.228. The van der Waals surface area contributed by atoms with E-state index in [1.165, 1.54) is 11.1 Å². The second-order valence-electron chi connectivity index (χ2n) is 4.19. The highest BCUT2D eigenvalue weighted by molar-refractivity contribution is 9.11. The van der Waals surface area contributed by atoms with Crippen LogP contribution in [0.1, 0.15) is 16.0 Å².